The number of anilines is 1. The summed E-state index contributed by atoms with van der Waals surface area (Å²) in [6.07, 6.45) is 0.564. The van der Waals surface area contributed by atoms with Crippen molar-refractivity contribution in [2.24, 2.45) is 0 Å². The number of hydrogen-bond donors (Lipinski definition) is 1. The zero-order valence-electron chi connectivity index (χ0n) is 10.3. The summed E-state index contributed by atoms with van der Waals surface area (Å²) in [6.45, 7) is 3.63. The van der Waals surface area contributed by atoms with Crippen LogP contribution in [-0.2, 0) is 4.79 Å². The molecule has 0 fully saturated rings. The molecule has 0 bridgehead atoms. The Bertz CT molecular complexity index is 420. The van der Waals surface area contributed by atoms with Crippen molar-refractivity contribution in [2.75, 3.05) is 30.8 Å². The Hall–Kier alpha value is -1.00. The summed E-state index contributed by atoms with van der Waals surface area (Å²) in [5, 5.41) is 3.02. The number of benzene rings is 1. The van der Waals surface area contributed by atoms with E-state index >= 15 is 0 Å². The third-order valence-electron chi connectivity index (χ3n) is 2.87. The highest BCUT2D eigenvalue weighted by atomic mass is 32.2. The molecule has 0 saturated carbocycles. The van der Waals surface area contributed by atoms with E-state index in [9.17, 15) is 4.79 Å². The van der Waals surface area contributed by atoms with E-state index in [4.69, 9.17) is 0 Å². The quantitative estimate of drug-likeness (QED) is 0.891. The van der Waals surface area contributed by atoms with Crippen molar-refractivity contribution >= 4 is 23.4 Å². The minimum absolute atomic E-state index is 0.214. The van der Waals surface area contributed by atoms with Crippen molar-refractivity contribution in [1.29, 1.82) is 0 Å². The summed E-state index contributed by atoms with van der Waals surface area (Å²) >= 11 is 1.83. The Labute approximate surface area is 107 Å². The second-order valence-corrected chi connectivity index (χ2v) is 5.36. The number of thioether (sulfide) groups is 1. The molecular weight excluding hydrogens is 232 g/mol. The summed E-state index contributed by atoms with van der Waals surface area (Å²) in [6, 6.07) is 6.33. The maximum atomic E-state index is 12.1. The fraction of sp³-hybridized carbons (Fsp3) is 0.462. The van der Waals surface area contributed by atoms with Crippen molar-refractivity contribution in [3.05, 3.63) is 23.8 Å². The molecule has 0 spiro atoms. The van der Waals surface area contributed by atoms with Crippen molar-refractivity contribution in [2.45, 2.75) is 18.2 Å². The van der Waals surface area contributed by atoms with Gasteiger partial charge in [-0.1, -0.05) is 6.07 Å². The fourth-order valence-corrected chi connectivity index (χ4v) is 2.93. The molecule has 4 heteroatoms. The SMILES string of the molecule is CNCCC(=O)N1CCSc2ccc(C)cc21. The molecule has 0 aliphatic carbocycles. The topological polar surface area (TPSA) is 32.3 Å². The van der Waals surface area contributed by atoms with E-state index in [-0.39, 0.29) is 5.91 Å². The number of carbonyl (C=O) groups excluding carboxylic acids is 1. The molecule has 1 aromatic rings. The van der Waals surface area contributed by atoms with Gasteiger partial charge in [0.2, 0.25) is 5.91 Å². The highest BCUT2D eigenvalue weighted by Gasteiger charge is 2.22. The molecule has 0 atom stereocenters. The first kappa shape index (κ1) is 12.5. The number of nitrogens with zero attached hydrogens (tertiary/aromatic N) is 1. The summed E-state index contributed by atoms with van der Waals surface area (Å²) in [7, 11) is 1.87. The van der Waals surface area contributed by atoms with Crippen LogP contribution in [-0.4, -0.2) is 31.8 Å². The van der Waals surface area contributed by atoms with Gasteiger partial charge < -0.3 is 10.2 Å². The summed E-state index contributed by atoms with van der Waals surface area (Å²) in [5.74, 6) is 1.20. The lowest BCUT2D eigenvalue weighted by atomic mass is 10.2. The highest BCUT2D eigenvalue weighted by Crippen LogP contribution is 2.35. The Morgan fingerprint density at radius 1 is 1.53 bits per heavy atom. The summed E-state index contributed by atoms with van der Waals surface area (Å²) in [5.41, 5.74) is 2.29. The van der Waals surface area contributed by atoms with Crippen LogP contribution in [0.2, 0.25) is 0 Å². The Morgan fingerprint density at radius 2 is 2.35 bits per heavy atom. The van der Waals surface area contributed by atoms with E-state index in [1.807, 2.05) is 23.7 Å². The molecule has 1 aromatic carbocycles. The maximum absolute atomic E-state index is 12.1. The number of fused-ring (bicyclic) bond motifs is 1. The predicted molar refractivity (Wildman–Crippen MR) is 72.8 cm³/mol. The van der Waals surface area contributed by atoms with Gasteiger partial charge in [-0.15, -0.1) is 11.8 Å². The van der Waals surface area contributed by atoms with Crippen molar-refractivity contribution in [3.63, 3.8) is 0 Å². The molecule has 1 amide bonds. The van der Waals surface area contributed by atoms with Gasteiger partial charge >= 0.3 is 0 Å². The summed E-state index contributed by atoms with van der Waals surface area (Å²) in [4.78, 5) is 15.3. The lowest BCUT2D eigenvalue weighted by Gasteiger charge is -2.29. The highest BCUT2D eigenvalue weighted by molar-refractivity contribution is 7.99. The van der Waals surface area contributed by atoms with Crippen LogP contribution in [0.1, 0.15) is 12.0 Å². The first-order valence-electron chi connectivity index (χ1n) is 5.91. The van der Waals surface area contributed by atoms with Gasteiger partial charge in [0.1, 0.15) is 0 Å². The Balaban J connectivity index is 2.21. The van der Waals surface area contributed by atoms with Gasteiger partial charge in [0.15, 0.2) is 0 Å². The second-order valence-electron chi connectivity index (χ2n) is 4.22. The molecule has 92 valence electrons. The van der Waals surface area contributed by atoms with E-state index in [1.54, 1.807) is 0 Å². The van der Waals surface area contributed by atoms with Crippen LogP contribution in [0, 0.1) is 6.92 Å². The van der Waals surface area contributed by atoms with E-state index in [0.29, 0.717) is 6.42 Å². The standard InChI is InChI=1S/C13H18N2OS/c1-10-3-4-12-11(9-10)15(7-8-17-12)13(16)5-6-14-2/h3-4,9,14H,5-8H2,1-2H3. The maximum Gasteiger partial charge on any atom is 0.228 e. The number of aryl methyl sites for hydroxylation is 1. The second kappa shape index (κ2) is 5.56. The average molecular weight is 250 g/mol. The van der Waals surface area contributed by atoms with E-state index < -0.39 is 0 Å². The third-order valence-corrected chi connectivity index (χ3v) is 3.91. The minimum atomic E-state index is 0.214. The molecule has 2 rings (SSSR count). The van der Waals surface area contributed by atoms with Crippen LogP contribution >= 0.6 is 11.8 Å². The molecule has 1 heterocycles. The van der Waals surface area contributed by atoms with E-state index in [0.717, 1.165) is 24.5 Å². The van der Waals surface area contributed by atoms with E-state index in [2.05, 4.69) is 30.4 Å². The van der Waals surface area contributed by atoms with Crippen LogP contribution in [0.25, 0.3) is 0 Å². The minimum Gasteiger partial charge on any atom is -0.319 e. The average Bonchev–Trinajstić information content (AvgIpc) is 2.35. The lowest BCUT2D eigenvalue weighted by Crippen LogP contribution is -2.36. The Morgan fingerprint density at radius 3 is 3.12 bits per heavy atom. The number of nitrogens with one attached hydrogen (secondary N) is 1. The number of hydrogen-bond acceptors (Lipinski definition) is 3. The molecule has 1 N–H and O–H groups in total. The normalized spacial score (nSPS) is 14.6. The predicted octanol–water partition coefficient (Wildman–Crippen LogP) is 2.04. The number of rotatable bonds is 3. The van der Waals surface area contributed by atoms with Gasteiger partial charge in [-0.25, -0.2) is 0 Å². The largest absolute Gasteiger partial charge is 0.319 e. The summed E-state index contributed by atoms with van der Waals surface area (Å²) < 4.78 is 0. The van der Waals surface area contributed by atoms with Crippen LogP contribution < -0.4 is 10.2 Å². The molecule has 1 aliphatic rings. The molecular formula is C13H18N2OS. The zero-order valence-corrected chi connectivity index (χ0v) is 11.1. The van der Waals surface area contributed by atoms with Crippen LogP contribution in [0.15, 0.2) is 23.1 Å². The zero-order chi connectivity index (χ0) is 12.3. The van der Waals surface area contributed by atoms with Gasteiger partial charge in [-0.05, 0) is 31.7 Å². The lowest BCUT2D eigenvalue weighted by molar-refractivity contribution is -0.118. The molecule has 1 aliphatic heterocycles. The van der Waals surface area contributed by atoms with Crippen molar-refractivity contribution < 1.29 is 4.79 Å². The number of amides is 1. The number of carbonyl (C=O) groups is 1. The van der Waals surface area contributed by atoms with Crippen molar-refractivity contribution in [1.82, 2.24) is 5.32 Å². The Kier molecular flexibility index (Phi) is 4.07. The molecule has 17 heavy (non-hydrogen) atoms. The van der Waals surface area contributed by atoms with Crippen LogP contribution in [0.4, 0.5) is 5.69 Å². The van der Waals surface area contributed by atoms with E-state index in [1.165, 1.54) is 10.5 Å². The van der Waals surface area contributed by atoms with Crippen molar-refractivity contribution in [3.8, 4) is 0 Å². The third kappa shape index (κ3) is 2.82. The molecule has 0 unspecified atom stereocenters. The first-order valence-corrected chi connectivity index (χ1v) is 6.89. The van der Waals surface area contributed by atoms with Crippen LogP contribution in [0.5, 0.6) is 0 Å². The van der Waals surface area contributed by atoms with Crippen LogP contribution in [0.3, 0.4) is 0 Å². The van der Waals surface area contributed by atoms with Gasteiger partial charge in [-0.3, -0.25) is 4.79 Å². The first-order chi connectivity index (χ1) is 8.22. The van der Waals surface area contributed by atoms with Gasteiger partial charge in [0.05, 0.1) is 5.69 Å². The fourth-order valence-electron chi connectivity index (χ4n) is 1.95. The molecule has 0 radical (unpaired) electrons. The molecule has 0 saturated heterocycles. The smallest absolute Gasteiger partial charge is 0.228 e. The molecule has 3 nitrogen and oxygen atoms in total. The van der Waals surface area contributed by atoms with Gasteiger partial charge in [0.25, 0.3) is 0 Å². The monoisotopic (exact) mass is 250 g/mol. The molecule has 0 aromatic heterocycles. The van der Waals surface area contributed by atoms with Gasteiger partial charge in [0, 0.05) is 30.2 Å². The van der Waals surface area contributed by atoms with Gasteiger partial charge in [-0.2, -0.15) is 0 Å².